The molecular weight excluding hydrogens is 264 g/mol. The van der Waals surface area contributed by atoms with Crippen molar-refractivity contribution in [1.82, 2.24) is 0 Å². The van der Waals surface area contributed by atoms with Crippen LogP contribution in [0.4, 0.5) is 14.5 Å². The van der Waals surface area contributed by atoms with E-state index < -0.39 is 17.6 Å². The minimum Gasteiger partial charge on any atom is -0.458 e. The van der Waals surface area contributed by atoms with Gasteiger partial charge in [0.1, 0.15) is 17.7 Å². The largest absolute Gasteiger partial charge is 0.458 e. The number of nitrogens with two attached hydrogens (primary N) is 1. The third-order valence-corrected chi connectivity index (χ3v) is 3.93. The summed E-state index contributed by atoms with van der Waals surface area (Å²) < 4.78 is 32.1. The Balaban J connectivity index is 2.13. The fraction of sp³-hybridized carbons (Fsp3) is 0.533. The summed E-state index contributed by atoms with van der Waals surface area (Å²) in [5, 5.41) is 0. The Morgan fingerprint density at radius 2 is 2.00 bits per heavy atom. The lowest BCUT2D eigenvalue weighted by Crippen LogP contribution is -2.30. The fourth-order valence-corrected chi connectivity index (χ4v) is 2.72. The molecular formula is C15H19F2NO2. The first-order valence-corrected chi connectivity index (χ1v) is 6.98. The highest BCUT2D eigenvalue weighted by Gasteiger charge is 2.28. The summed E-state index contributed by atoms with van der Waals surface area (Å²) in [4.78, 5) is 12.0. The van der Waals surface area contributed by atoms with Gasteiger partial charge in [0.05, 0.1) is 11.3 Å². The summed E-state index contributed by atoms with van der Waals surface area (Å²) in [5.41, 5.74) is 4.81. The van der Waals surface area contributed by atoms with E-state index >= 15 is 0 Å². The van der Waals surface area contributed by atoms with Crippen LogP contribution < -0.4 is 5.73 Å². The van der Waals surface area contributed by atoms with E-state index in [4.69, 9.17) is 10.5 Å². The SMILES string of the molecule is CCC1CCCCC1OC(=O)c1cc(N)c(F)cc1F. The predicted molar refractivity (Wildman–Crippen MR) is 72.2 cm³/mol. The van der Waals surface area contributed by atoms with Gasteiger partial charge in [0.15, 0.2) is 0 Å². The molecule has 0 amide bonds. The van der Waals surface area contributed by atoms with Crippen LogP contribution in [0, 0.1) is 17.6 Å². The van der Waals surface area contributed by atoms with Crippen molar-refractivity contribution in [2.75, 3.05) is 5.73 Å². The molecule has 1 aliphatic carbocycles. The maximum Gasteiger partial charge on any atom is 0.341 e. The van der Waals surface area contributed by atoms with Crippen molar-refractivity contribution in [2.45, 2.75) is 45.1 Å². The zero-order chi connectivity index (χ0) is 14.7. The van der Waals surface area contributed by atoms with E-state index in [-0.39, 0.29) is 17.4 Å². The average molecular weight is 283 g/mol. The molecule has 1 fully saturated rings. The first kappa shape index (κ1) is 14.8. The third-order valence-electron chi connectivity index (χ3n) is 3.93. The summed E-state index contributed by atoms with van der Waals surface area (Å²) in [5.74, 6) is -2.26. The molecule has 2 N–H and O–H groups in total. The first-order chi connectivity index (χ1) is 9.52. The molecule has 0 aromatic heterocycles. The van der Waals surface area contributed by atoms with Crippen molar-refractivity contribution in [2.24, 2.45) is 5.92 Å². The number of hydrogen-bond donors (Lipinski definition) is 1. The van der Waals surface area contributed by atoms with Crippen LogP contribution >= 0.6 is 0 Å². The number of carbonyl (C=O) groups is 1. The quantitative estimate of drug-likeness (QED) is 0.680. The molecule has 0 aliphatic heterocycles. The Morgan fingerprint density at radius 1 is 1.30 bits per heavy atom. The number of halogens is 2. The van der Waals surface area contributed by atoms with Crippen LogP contribution in [0.3, 0.4) is 0 Å². The zero-order valence-electron chi connectivity index (χ0n) is 11.5. The minimum absolute atomic E-state index is 0.188. The lowest BCUT2D eigenvalue weighted by molar-refractivity contribution is 0.000276. The van der Waals surface area contributed by atoms with E-state index in [9.17, 15) is 13.6 Å². The molecule has 1 aromatic carbocycles. The number of benzene rings is 1. The third kappa shape index (κ3) is 3.08. The normalized spacial score (nSPS) is 22.6. The highest BCUT2D eigenvalue weighted by Crippen LogP contribution is 2.30. The molecule has 2 atom stereocenters. The second-order valence-electron chi connectivity index (χ2n) is 5.25. The van der Waals surface area contributed by atoms with Crippen LogP contribution in [0.1, 0.15) is 49.4 Å². The molecule has 0 radical (unpaired) electrons. The van der Waals surface area contributed by atoms with Crippen LogP contribution in [0.25, 0.3) is 0 Å². The second-order valence-corrected chi connectivity index (χ2v) is 5.25. The molecule has 0 saturated heterocycles. The van der Waals surface area contributed by atoms with Crippen molar-refractivity contribution >= 4 is 11.7 Å². The van der Waals surface area contributed by atoms with Gasteiger partial charge in [-0.3, -0.25) is 0 Å². The van der Waals surface area contributed by atoms with Crippen LogP contribution in [0.5, 0.6) is 0 Å². The molecule has 1 aromatic rings. The Labute approximate surface area is 117 Å². The smallest absolute Gasteiger partial charge is 0.341 e. The van der Waals surface area contributed by atoms with Gasteiger partial charge in [0.2, 0.25) is 0 Å². The van der Waals surface area contributed by atoms with Crippen molar-refractivity contribution in [3.05, 3.63) is 29.3 Å². The standard InChI is InChI=1S/C15H19F2NO2/c1-2-9-5-3-4-6-14(9)20-15(19)10-7-13(18)12(17)8-11(10)16/h7-9,14H,2-6,18H2,1H3. The molecule has 1 aliphatic rings. The Morgan fingerprint density at radius 3 is 2.70 bits per heavy atom. The van der Waals surface area contributed by atoms with E-state index in [0.29, 0.717) is 12.0 Å². The molecule has 2 unspecified atom stereocenters. The van der Waals surface area contributed by atoms with Crippen molar-refractivity contribution in [1.29, 1.82) is 0 Å². The average Bonchev–Trinajstić information content (AvgIpc) is 2.43. The Kier molecular flexibility index (Phi) is 4.57. The van der Waals surface area contributed by atoms with Gasteiger partial charge < -0.3 is 10.5 Å². The molecule has 0 heterocycles. The van der Waals surface area contributed by atoms with Gasteiger partial charge in [0.25, 0.3) is 0 Å². The number of nitrogen functional groups attached to an aromatic ring is 1. The number of anilines is 1. The number of ether oxygens (including phenoxy) is 1. The highest BCUT2D eigenvalue weighted by molar-refractivity contribution is 5.90. The molecule has 0 bridgehead atoms. The number of hydrogen-bond acceptors (Lipinski definition) is 3. The topological polar surface area (TPSA) is 52.3 Å². The lowest BCUT2D eigenvalue weighted by atomic mass is 9.85. The monoisotopic (exact) mass is 283 g/mol. The van der Waals surface area contributed by atoms with E-state index in [0.717, 1.165) is 38.2 Å². The van der Waals surface area contributed by atoms with Crippen molar-refractivity contribution in [3.8, 4) is 0 Å². The number of carbonyl (C=O) groups excluding carboxylic acids is 1. The summed E-state index contributed by atoms with van der Waals surface area (Å²) >= 11 is 0. The molecule has 110 valence electrons. The van der Waals surface area contributed by atoms with E-state index in [2.05, 4.69) is 0 Å². The van der Waals surface area contributed by atoms with Crippen LogP contribution in [0.2, 0.25) is 0 Å². The number of rotatable bonds is 3. The van der Waals surface area contributed by atoms with Gasteiger partial charge in [-0.25, -0.2) is 13.6 Å². The molecule has 3 nitrogen and oxygen atoms in total. The lowest BCUT2D eigenvalue weighted by Gasteiger charge is -2.30. The Hall–Kier alpha value is -1.65. The van der Waals surface area contributed by atoms with Gasteiger partial charge in [-0.15, -0.1) is 0 Å². The minimum atomic E-state index is -0.939. The van der Waals surface area contributed by atoms with E-state index in [1.54, 1.807) is 0 Å². The summed E-state index contributed by atoms with van der Waals surface area (Å²) in [6.45, 7) is 2.05. The summed E-state index contributed by atoms with van der Waals surface area (Å²) in [7, 11) is 0. The first-order valence-electron chi connectivity index (χ1n) is 6.98. The maximum absolute atomic E-state index is 13.6. The van der Waals surface area contributed by atoms with Gasteiger partial charge in [-0.1, -0.05) is 13.3 Å². The maximum atomic E-state index is 13.6. The van der Waals surface area contributed by atoms with Crippen LogP contribution in [0.15, 0.2) is 12.1 Å². The highest BCUT2D eigenvalue weighted by atomic mass is 19.1. The zero-order valence-corrected chi connectivity index (χ0v) is 11.5. The van der Waals surface area contributed by atoms with Gasteiger partial charge in [0, 0.05) is 6.07 Å². The summed E-state index contributed by atoms with van der Waals surface area (Å²) in [6.07, 6.45) is 4.68. The van der Waals surface area contributed by atoms with E-state index in [1.807, 2.05) is 6.92 Å². The van der Waals surface area contributed by atoms with E-state index in [1.165, 1.54) is 0 Å². The molecule has 2 rings (SSSR count). The fourth-order valence-electron chi connectivity index (χ4n) is 2.72. The molecule has 5 heteroatoms. The van der Waals surface area contributed by atoms with Crippen molar-refractivity contribution in [3.63, 3.8) is 0 Å². The predicted octanol–water partition coefficient (Wildman–Crippen LogP) is 3.67. The van der Waals surface area contributed by atoms with Gasteiger partial charge >= 0.3 is 5.97 Å². The van der Waals surface area contributed by atoms with Crippen LogP contribution in [-0.4, -0.2) is 12.1 Å². The van der Waals surface area contributed by atoms with Crippen molar-refractivity contribution < 1.29 is 18.3 Å². The Bertz CT molecular complexity index is 505. The van der Waals surface area contributed by atoms with Gasteiger partial charge in [-0.2, -0.15) is 0 Å². The summed E-state index contributed by atoms with van der Waals surface area (Å²) in [6, 6.07) is 1.61. The molecule has 20 heavy (non-hydrogen) atoms. The molecule has 0 spiro atoms. The van der Waals surface area contributed by atoms with Gasteiger partial charge in [-0.05, 0) is 37.7 Å². The molecule has 1 saturated carbocycles. The number of esters is 1. The van der Waals surface area contributed by atoms with Crippen LogP contribution in [-0.2, 0) is 4.74 Å². The second kappa shape index (κ2) is 6.20.